The summed E-state index contributed by atoms with van der Waals surface area (Å²) in [5.41, 5.74) is 3.33. The first-order valence-electron chi connectivity index (χ1n) is 7.17. The number of rotatable bonds is 3. The Kier molecular flexibility index (Phi) is 3.55. The molecule has 2 N–H and O–H groups in total. The normalized spacial score (nSPS) is 10.8. The molecule has 1 aromatic carbocycles. The predicted molar refractivity (Wildman–Crippen MR) is 85.4 cm³/mol. The van der Waals surface area contributed by atoms with E-state index >= 15 is 0 Å². The Balaban J connectivity index is 2.03. The fourth-order valence-corrected chi connectivity index (χ4v) is 2.46. The van der Waals surface area contributed by atoms with E-state index < -0.39 is 0 Å². The van der Waals surface area contributed by atoms with Gasteiger partial charge in [-0.3, -0.25) is 9.20 Å². The van der Waals surface area contributed by atoms with Crippen molar-refractivity contribution in [3.05, 3.63) is 59.5 Å². The van der Waals surface area contributed by atoms with E-state index in [4.69, 9.17) is 0 Å². The largest absolute Gasteiger partial charge is 0.506 e. The number of phenols is 1. The molecule has 0 aliphatic carbocycles. The summed E-state index contributed by atoms with van der Waals surface area (Å²) in [6, 6.07) is 10.7. The molecule has 3 rings (SSSR count). The molecular weight excluding hydrogens is 278 g/mol. The van der Waals surface area contributed by atoms with Crippen molar-refractivity contribution in [3.63, 3.8) is 0 Å². The Labute approximate surface area is 128 Å². The standard InChI is InChI=1S/C17H17N3O2/c1-3-12-16(20-9-5-4-6-15(20)18-12)17(22)19-13-10-11(2)7-8-14(13)21/h4-10,21H,3H2,1-2H3,(H,19,22). The zero-order chi connectivity index (χ0) is 15.7. The van der Waals surface area contributed by atoms with E-state index in [2.05, 4.69) is 10.3 Å². The van der Waals surface area contributed by atoms with Crippen LogP contribution in [-0.2, 0) is 6.42 Å². The molecule has 0 spiro atoms. The lowest BCUT2D eigenvalue weighted by Crippen LogP contribution is -2.16. The first-order chi connectivity index (χ1) is 10.6. The molecule has 5 nitrogen and oxygen atoms in total. The number of nitrogens with one attached hydrogen (secondary N) is 1. The summed E-state index contributed by atoms with van der Waals surface area (Å²) >= 11 is 0. The molecule has 0 saturated carbocycles. The Bertz CT molecular complexity index is 852. The summed E-state index contributed by atoms with van der Waals surface area (Å²) in [7, 11) is 0. The van der Waals surface area contributed by atoms with Gasteiger partial charge in [-0.25, -0.2) is 4.98 Å². The molecule has 0 aliphatic heterocycles. The summed E-state index contributed by atoms with van der Waals surface area (Å²) in [5.74, 6) is -0.234. The smallest absolute Gasteiger partial charge is 0.274 e. The molecule has 0 saturated heterocycles. The van der Waals surface area contributed by atoms with Crippen LogP contribution >= 0.6 is 0 Å². The number of aryl methyl sites for hydroxylation is 2. The van der Waals surface area contributed by atoms with Crippen LogP contribution in [0.5, 0.6) is 5.75 Å². The lowest BCUT2D eigenvalue weighted by Gasteiger charge is -2.09. The summed E-state index contributed by atoms with van der Waals surface area (Å²) in [6.45, 7) is 3.86. The maximum absolute atomic E-state index is 12.6. The number of anilines is 1. The van der Waals surface area contributed by atoms with Gasteiger partial charge >= 0.3 is 0 Å². The van der Waals surface area contributed by atoms with Crippen molar-refractivity contribution in [3.8, 4) is 5.75 Å². The number of nitrogens with zero attached hydrogens (tertiary/aromatic N) is 2. The van der Waals surface area contributed by atoms with Gasteiger partial charge in [0.1, 0.15) is 17.1 Å². The van der Waals surface area contributed by atoms with Crippen molar-refractivity contribution in [1.82, 2.24) is 9.38 Å². The zero-order valence-corrected chi connectivity index (χ0v) is 12.5. The average Bonchev–Trinajstić information content (AvgIpc) is 2.89. The number of aromatic hydroxyl groups is 1. The van der Waals surface area contributed by atoms with E-state index in [1.807, 2.05) is 38.2 Å². The van der Waals surface area contributed by atoms with Crippen molar-refractivity contribution < 1.29 is 9.90 Å². The maximum atomic E-state index is 12.6. The van der Waals surface area contributed by atoms with Gasteiger partial charge in [-0.05, 0) is 43.2 Å². The van der Waals surface area contributed by atoms with Gasteiger partial charge in [0.15, 0.2) is 0 Å². The van der Waals surface area contributed by atoms with Crippen molar-refractivity contribution in [1.29, 1.82) is 0 Å². The van der Waals surface area contributed by atoms with Crippen LogP contribution in [0.15, 0.2) is 42.6 Å². The Hall–Kier alpha value is -2.82. The maximum Gasteiger partial charge on any atom is 0.274 e. The molecular formula is C17H17N3O2. The first-order valence-corrected chi connectivity index (χ1v) is 7.17. The zero-order valence-electron chi connectivity index (χ0n) is 12.5. The Morgan fingerprint density at radius 3 is 2.91 bits per heavy atom. The van der Waals surface area contributed by atoms with E-state index in [0.717, 1.165) is 16.9 Å². The van der Waals surface area contributed by atoms with Gasteiger partial charge in [-0.1, -0.05) is 19.1 Å². The molecule has 0 radical (unpaired) electrons. The SMILES string of the molecule is CCc1nc2ccccn2c1C(=O)Nc1cc(C)ccc1O. The van der Waals surface area contributed by atoms with Crippen molar-refractivity contribution >= 4 is 17.2 Å². The minimum Gasteiger partial charge on any atom is -0.506 e. The van der Waals surface area contributed by atoms with E-state index in [1.54, 1.807) is 22.6 Å². The molecule has 2 aromatic heterocycles. The molecule has 5 heteroatoms. The van der Waals surface area contributed by atoms with Crippen LogP contribution < -0.4 is 5.32 Å². The van der Waals surface area contributed by atoms with Crippen molar-refractivity contribution in [2.24, 2.45) is 0 Å². The number of hydrogen-bond donors (Lipinski definition) is 2. The quantitative estimate of drug-likeness (QED) is 0.729. The molecule has 112 valence electrons. The van der Waals surface area contributed by atoms with Gasteiger partial charge in [0.25, 0.3) is 5.91 Å². The average molecular weight is 295 g/mol. The number of carbonyl (C=O) groups excluding carboxylic acids is 1. The van der Waals surface area contributed by atoms with E-state index in [-0.39, 0.29) is 11.7 Å². The van der Waals surface area contributed by atoms with Gasteiger partial charge in [-0.2, -0.15) is 0 Å². The number of pyridine rings is 1. The van der Waals surface area contributed by atoms with Gasteiger partial charge in [-0.15, -0.1) is 0 Å². The van der Waals surface area contributed by atoms with Gasteiger partial charge in [0.2, 0.25) is 0 Å². The number of phenolic OH excluding ortho intramolecular Hbond substituents is 1. The van der Waals surface area contributed by atoms with Crippen LogP contribution in [-0.4, -0.2) is 20.4 Å². The monoisotopic (exact) mass is 295 g/mol. The van der Waals surface area contributed by atoms with Crippen LogP contribution in [0.2, 0.25) is 0 Å². The number of benzene rings is 1. The molecule has 0 atom stereocenters. The molecule has 3 aromatic rings. The van der Waals surface area contributed by atoms with Crippen LogP contribution in [0.1, 0.15) is 28.7 Å². The first kappa shape index (κ1) is 14.1. The third-order valence-electron chi connectivity index (χ3n) is 3.55. The number of hydrogen-bond acceptors (Lipinski definition) is 3. The number of carbonyl (C=O) groups is 1. The Morgan fingerprint density at radius 2 is 2.14 bits per heavy atom. The molecule has 2 heterocycles. The number of amides is 1. The van der Waals surface area contributed by atoms with Crippen molar-refractivity contribution in [2.45, 2.75) is 20.3 Å². The minimum atomic E-state index is -0.281. The second-order valence-corrected chi connectivity index (χ2v) is 5.16. The highest BCUT2D eigenvalue weighted by Gasteiger charge is 2.19. The second-order valence-electron chi connectivity index (χ2n) is 5.16. The summed E-state index contributed by atoms with van der Waals surface area (Å²) in [4.78, 5) is 17.1. The van der Waals surface area contributed by atoms with Crippen LogP contribution in [0.25, 0.3) is 5.65 Å². The van der Waals surface area contributed by atoms with E-state index in [9.17, 15) is 9.90 Å². The molecule has 0 bridgehead atoms. The lowest BCUT2D eigenvalue weighted by molar-refractivity contribution is 0.102. The summed E-state index contributed by atoms with van der Waals surface area (Å²) in [6.07, 6.45) is 2.47. The van der Waals surface area contributed by atoms with Gasteiger partial charge in [0, 0.05) is 6.20 Å². The van der Waals surface area contributed by atoms with E-state index in [1.165, 1.54) is 0 Å². The second kappa shape index (κ2) is 5.52. The fourth-order valence-electron chi connectivity index (χ4n) is 2.46. The molecule has 1 amide bonds. The van der Waals surface area contributed by atoms with Crippen LogP contribution in [0, 0.1) is 6.92 Å². The minimum absolute atomic E-state index is 0.0471. The fraction of sp³-hybridized carbons (Fsp3) is 0.176. The lowest BCUT2D eigenvalue weighted by atomic mass is 10.2. The van der Waals surface area contributed by atoms with Crippen molar-refractivity contribution in [2.75, 3.05) is 5.32 Å². The highest BCUT2D eigenvalue weighted by molar-refractivity contribution is 6.05. The highest BCUT2D eigenvalue weighted by Crippen LogP contribution is 2.25. The summed E-state index contributed by atoms with van der Waals surface area (Å²) < 4.78 is 1.76. The summed E-state index contributed by atoms with van der Waals surface area (Å²) in [5, 5.41) is 12.7. The third kappa shape index (κ3) is 2.41. The van der Waals surface area contributed by atoms with Gasteiger partial charge in [0.05, 0.1) is 11.4 Å². The molecule has 22 heavy (non-hydrogen) atoms. The molecule has 0 aliphatic rings. The van der Waals surface area contributed by atoms with E-state index in [0.29, 0.717) is 17.8 Å². The molecule has 0 unspecified atom stereocenters. The van der Waals surface area contributed by atoms with Crippen LogP contribution in [0.4, 0.5) is 5.69 Å². The molecule has 0 fully saturated rings. The number of aromatic nitrogens is 2. The highest BCUT2D eigenvalue weighted by atomic mass is 16.3. The topological polar surface area (TPSA) is 66.6 Å². The van der Waals surface area contributed by atoms with Crippen LogP contribution in [0.3, 0.4) is 0 Å². The number of fused-ring (bicyclic) bond motifs is 1. The third-order valence-corrected chi connectivity index (χ3v) is 3.55. The predicted octanol–water partition coefficient (Wildman–Crippen LogP) is 3.16. The van der Waals surface area contributed by atoms with Gasteiger partial charge < -0.3 is 10.4 Å². The Morgan fingerprint density at radius 1 is 1.32 bits per heavy atom. The number of imidazole rings is 1.